The fraction of sp³-hybridized carbons (Fsp3) is 0.684. The van der Waals surface area contributed by atoms with Gasteiger partial charge >= 0.3 is 5.97 Å². The molecular formula is C19H32O3. The topological polar surface area (TPSA) is 43.4 Å². The van der Waals surface area contributed by atoms with Crippen molar-refractivity contribution in [3.05, 3.63) is 23.3 Å². The number of ketones is 1. The molecule has 3 heteroatoms. The van der Waals surface area contributed by atoms with E-state index in [1.165, 1.54) is 11.1 Å². The first-order chi connectivity index (χ1) is 10.4. The number of carbonyl (C=O) groups excluding carboxylic acids is 2. The number of carbonyl (C=O) groups is 2. The van der Waals surface area contributed by atoms with Crippen molar-refractivity contribution in [2.75, 3.05) is 6.61 Å². The van der Waals surface area contributed by atoms with E-state index in [1.807, 2.05) is 6.92 Å². The SMILES string of the molecule is CCCC(C(=O)CC/C=C(\C)CCC=C(C)C)C(=O)OCC. The highest BCUT2D eigenvalue weighted by Gasteiger charge is 2.25. The van der Waals surface area contributed by atoms with Crippen LogP contribution in [-0.4, -0.2) is 18.4 Å². The molecule has 0 bridgehead atoms. The number of allylic oxidation sites excluding steroid dienone is 4. The van der Waals surface area contributed by atoms with Gasteiger partial charge in [-0.3, -0.25) is 9.59 Å². The number of hydrogen-bond donors (Lipinski definition) is 0. The maximum absolute atomic E-state index is 12.2. The van der Waals surface area contributed by atoms with Crippen LogP contribution in [0.5, 0.6) is 0 Å². The Hall–Kier alpha value is -1.38. The van der Waals surface area contributed by atoms with E-state index in [-0.39, 0.29) is 11.8 Å². The minimum absolute atomic E-state index is 0.00801. The quantitative estimate of drug-likeness (QED) is 0.306. The minimum Gasteiger partial charge on any atom is -0.465 e. The molecule has 0 amide bonds. The molecule has 0 N–H and O–H groups in total. The summed E-state index contributed by atoms with van der Waals surface area (Å²) in [6.45, 7) is 10.4. The summed E-state index contributed by atoms with van der Waals surface area (Å²) >= 11 is 0. The van der Waals surface area contributed by atoms with E-state index < -0.39 is 5.92 Å². The van der Waals surface area contributed by atoms with E-state index in [1.54, 1.807) is 6.92 Å². The smallest absolute Gasteiger partial charge is 0.316 e. The Kier molecular flexibility index (Phi) is 11.4. The van der Waals surface area contributed by atoms with Gasteiger partial charge in [-0.15, -0.1) is 0 Å². The highest BCUT2D eigenvalue weighted by molar-refractivity contribution is 5.99. The van der Waals surface area contributed by atoms with Crippen LogP contribution in [0.4, 0.5) is 0 Å². The number of ether oxygens (including phenoxy) is 1. The van der Waals surface area contributed by atoms with Gasteiger partial charge in [-0.25, -0.2) is 0 Å². The highest BCUT2D eigenvalue weighted by Crippen LogP contribution is 2.15. The van der Waals surface area contributed by atoms with Gasteiger partial charge in [0, 0.05) is 6.42 Å². The summed E-state index contributed by atoms with van der Waals surface area (Å²) in [6.07, 6.45) is 8.93. The van der Waals surface area contributed by atoms with Crippen LogP contribution in [0, 0.1) is 5.92 Å². The Morgan fingerprint density at radius 3 is 2.18 bits per heavy atom. The van der Waals surface area contributed by atoms with Crippen molar-refractivity contribution in [3.63, 3.8) is 0 Å². The molecule has 0 aromatic heterocycles. The molecule has 0 aliphatic heterocycles. The lowest BCUT2D eigenvalue weighted by atomic mass is 9.95. The van der Waals surface area contributed by atoms with E-state index in [9.17, 15) is 9.59 Å². The van der Waals surface area contributed by atoms with Crippen LogP contribution in [0.2, 0.25) is 0 Å². The Labute approximate surface area is 135 Å². The van der Waals surface area contributed by atoms with Crippen LogP contribution < -0.4 is 0 Å². The molecule has 0 saturated carbocycles. The van der Waals surface area contributed by atoms with Crippen LogP contribution in [0.25, 0.3) is 0 Å². The molecule has 0 aromatic rings. The first-order valence-electron chi connectivity index (χ1n) is 8.40. The van der Waals surface area contributed by atoms with Crippen LogP contribution in [0.1, 0.15) is 73.1 Å². The van der Waals surface area contributed by atoms with Crippen molar-refractivity contribution < 1.29 is 14.3 Å². The first kappa shape index (κ1) is 20.6. The first-order valence-corrected chi connectivity index (χ1v) is 8.40. The van der Waals surface area contributed by atoms with Gasteiger partial charge < -0.3 is 4.74 Å². The molecule has 22 heavy (non-hydrogen) atoms. The zero-order valence-corrected chi connectivity index (χ0v) is 14.9. The second kappa shape index (κ2) is 12.2. The van der Waals surface area contributed by atoms with Gasteiger partial charge in [-0.05, 0) is 53.4 Å². The van der Waals surface area contributed by atoms with E-state index in [2.05, 4.69) is 32.9 Å². The standard InChI is InChI=1S/C19H32O3/c1-6-10-17(19(21)22-7-2)18(20)14-9-13-16(5)12-8-11-15(3)4/h11,13,17H,6-10,12,14H2,1-5H3/b16-13+. The van der Waals surface area contributed by atoms with Crippen molar-refractivity contribution in [3.8, 4) is 0 Å². The average molecular weight is 308 g/mol. The zero-order chi connectivity index (χ0) is 17.0. The molecule has 3 nitrogen and oxygen atoms in total. The summed E-state index contributed by atoms with van der Waals surface area (Å²) in [5.74, 6) is -0.934. The van der Waals surface area contributed by atoms with Crippen molar-refractivity contribution >= 4 is 11.8 Å². The number of Topliss-reactive ketones (excluding diaryl/α,β-unsaturated/α-hetero) is 1. The molecule has 0 aliphatic rings. The highest BCUT2D eigenvalue weighted by atomic mass is 16.5. The van der Waals surface area contributed by atoms with Gasteiger partial charge in [-0.2, -0.15) is 0 Å². The monoisotopic (exact) mass is 308 g/mol. The van der Waals surface area contributed by atoms with E-state index >= 15 is 0 Å². The molecule has 0 aliphatic carbocycles. The van der Waals surface area contributed by atoms with E-state index in [0.29, 0.717) is 25.9 Å². The number of rotatable bonds is 11. The zero-order valence-electron chi connectivity index (χ0n) is 14.9. The van der Waals surface area contributed by atoms with Crippen molar-refractivity contribution in [1.82, 2.24) is 0 Å². The summed E-state index contributed by atoms with van der Waals surface area (Å²) in [7, 11) is 0. The normalized spacial score (nSPS) is 12.7. The second-order valence-electron chi connectivity index (χ2n) is 5.97. The average Bonchev–Trinajstić information content (AvgIpc) is 2.44. The van der Waals surface area contributed by atoms with Crippen LogP contribution in [-0.2, 0) is 14.3 Å². The van der Waals surface area contributed by atoms with Crippen molar-refractivity contribution in [2.24, 2.45) is 5.92 Å². The van der Waals surface area contributed by atoms with Crippen molar-refractivity contribution in [1.29, 1.82) is 0 Å². The van der Waals surface area contributed by atoms with Gasteiger partial charge in [0.25, 0.3) is 0 Å². The molecule has 0 fully saturated rings. The maximum Gasteiger partial charge on any atom is 0.316 e. The van der Waals surface area contributed by atoms with Crippen molar-refractivity contribution in [2.45, 2.75) is 73.1 Å². The lowest BCUT2D eigenvalue weighted by molar-refractivity contribution is -0.151. The fourth-order valence-corrected chi connectivity index (χ4v) is 2.27. The molecule has 0 radical (unpaired) electrons. The van der Waals surface area contributed by atoms with Crippen LogP contribution in [0.15, 0.2) is 23.3 Å². The number of hydrogen-bond acceptors (Lipinski definition) is 3. The van der Waals surface area contributed by atoms with E-state index in [4.69, 9.17) is 4.74 Å². The lowest BCUT2D eigenvalue weighted by Gasteiger charge is -2.13. The third-order valence-corrected chi connectivity index (χ3v) is 3.51. The van der Waals surface area contributed by atoms with Gasteiger partial charge in [0.2, 0.25) is 0 Å². The molecule has 0 aromatic carbocycles. The summed E-state index contributed by atoms with van der Waals surface area (Å²) < 4.78 is 5.00. The molecule has 0 spiro atoms. The Balaban J connectivity index is 4.32. The minimum atomic E-state index is -0.579. The largest absolute Gasteiger partial charge is 0.465 e. The lowest BCUT2D eigenvalue weighted by Crippen LogP contribution is -2.26. The second-order valence-corrected chi connectivity index (χ2v) is 5.97. The summed E-state index contributed by atoms with van der Waals surface area (Å²) in [5.41, 5.74) is 2.63. The van der Waals surface area contributed by atoms with Gasteiger partial charge in [0.05, 0.1) is 6.61 Å². The third-order valence-electron chi connectivity index (χ3n) is 3.51. The maximum atomic E-state index is 12.2. The molecule has 0 saturated heterocycles. The van der Waals surface area contributed by atoms with Crippen LogP contribution in [0.3, 0.4) is 0 Å². The summed E-state index contributed by atoms with van der Waals surface area (Å²) in [5, 5.41) is 0. The third kappa shape index (κ3) is 9.54. The fourth-order valence-electron chi connectivity index (χ4n) is 2.27. The molecule has 1 unspecified atom stereocenters. The van der Waals surface area contributed by atoms with Gasteiger partial charge in [-0.1, -0.05) is 36.6 Å². The molecule has 126 valence electrons. The van der Waals surface area contributed by atoms with E-state index in [0.717, 1.165) is 19.3 Å². The Morgan fingerprint density at radius 1 is 1.00 bits per heavy atom. The molecule has 1 atom stereocenters. The summed E-state index contributed by atoms with van der Waals surface area (Å²) in [4.78, 5) is 24.0. The van der Waals surface area contributed by atoms with Crippen LogP contribution >= 0.6 is 0 Å². The Morgan fingerprint density at radius 2 is 1.64 bits per heavy atom. The predicted octanol–water partition coefficient (Wildman–Crippen LogP) is 5.01. The molecule has 0 heterocycles. The number of esters is 1. The van der Waals surface area contributed by atoms with Gasteiger partial charge in [0.1, 0.15) is 11.7 Å². The van der Waals surface area contributed by atoms with Gasteiger partial charge in [0.15, 0.2) is 0 Å². The predicted molar refractivity (Wildman–Crippen MR) is 91.7 cm³/mol. The molecular weight excluding hydrogens is 276 g/mol. The summed E-state index contributed by atoms with van der Waals surface area (Å²) in [6, 6.07) is 0. The Bertz CT molecular complexity index is 401. The molecule has 0 rings (SSSR count).